The van der Waals surface area contributed by atoms with Gasteiger partial charge in [-0.3, -0.25) is 0 Å². The Balaban J connectivity index is 1.79. The molecular weight excluding hydrogens is 253 g/mol. The standard InChI is InChI=1S/C16H20FN3/c1-20(14-8-3-2-4-9-14)16-18-11-15(19-16)12-6-5-7-13(17)10-12/h5-7,10-11,14H,2-4,8-9H2,1H3,(H,18,19). The van der Waals surface area contributed by atoms with Crippen LogP contribution in [0.15, 0.2) is 30.5 Å². The van der Waals surface area contributed by atoms with Crippen LogP contribution in [0.25, 0.3) is 11.3 Å². The van der Waals surface area contributed by atoms with Gasteiger partial charge in [0.05, 0.1) is 11.9 Å². The molecule has 1 heterocycles. The second-order valence-electron chi connectivity index (χ2n) is 5.53. The van der Waals surface area contributed by atoms with E-state index in [9.17, 15) is 4.39 Å². The lowest BCUT2D eigenvalue weighted by molar-refractivity contribution is 0.424. The second-order valence-corrected chi connectivity index (χ2v) is 5.53. The fraction of sp³-hybridized carbons (Fsp3) is 0.438. The summed E-state index contributed by atoms with van der Waals surface area (Å²) in [6.07, 6.45) is 8.18. The molecule has 106 valence electrons. The lowest BCUT2D eigenvalue weighted by atomic mass is 9.95. The van der Waals surface area contributed by atoms with E-state index >= 15 is 0 Å². The summed E-state index contributed by atoms with van der Waals surface area (Å²) in [5.41, 5.74) is 1.70. The lowest BCUT2D eigenvalue weighted by Gasteiger charge is -2.30. The summed E-state index contributed by atoms with van der Waals surface area (Å²) in [6.45, 7) is 0. The smallest absolute Gasteiger partial charge is 0.203 e. The number of aromatic amines is 1. The molecule has 0 saturated heterocycles. The van der Waals surface area contributed by atoms with Crippen molar-refractivity contribution in [2.24, 2.45) is 0 Å². The normalized spacial score (nSPS) is 16.3. The highest BCUT2D eigenvalue weighted by molar-refractivity contribution is 5.60. The fourth-order valence-electron chi connectivity index (χ4n) is 2.93. The molecule has 0 aliphatic heterocycles. The Morgan fingerprint density at radius 1 is 1.25 bits per heavy atom. The Labute approximate surface area is 118 Å². The Kier molecular flexibility index (Phi) is 3.72. The van der Waals surface area contributed by atoms with E-state index in [2.05, 4.69) is 21.9 Å². The van der Waals surface area contributed by atoms with E-state index in [1.54, 1.807) is 12.3 Å². The van der Waals surface area contributed by atoms with Gasteiger partial charge < -0.3 is 9.88 Å². The Bertz CT molecular complexity index is 573. The van der Waals surface area contributed by atoms with E-state index in [-0.39, 0.29) is 5.82 Å². The number of halogens is 1. The molecule has 0 spiro atoms. The predicted octanol–water partition coefficient (Wildman–Crippen LogP) is 3.98. The van der Waals surface area contributed by atoms with Crippen molar-refractivity contribution < 1.29 is 4.39 Å². The minimum atomic E-state index is -0.223. The molecule has 2 aromatic rings. The van der Waals surface area contributed by atoms with E-state index in [0.717, 1.165) is 17.2 Å². The number of aromatic nitrogens is 2. The SMILES string of the molecule is CN(c1ncc(-c2cccc(F)c2)[nH]1)C1CCCCC1. The van der Waals surface area contributed by atoms with Crippen molar-refractivity contribution >= 4 is 5.95 Å². The van der Waals surface area contributed by atoms with Crippen LogP contribution in [0, 0.1) is 5.82 Å². The molecule has 0 bridgehead atoms. The van der Waals surface area contributed by atoms with Crippen molar-refractivity contribution in [2.75, 3.05) is 11.9 Å². The summed E-state index contributed by atoms with van der Waals surface area (Å²) in [7, 11) is 2.09. The van der Waals surface area contributed by atoms with Gasteiger partial charge in [0.2, 0.25) is 5.95 Å². The van der Waals surface area contributed by atoms with E-state index in [4.69, 9.17) is 0 Å². The number of imidazole rings is 1. The first-order chi connectivity index (χ1) is 9.74. The molecule has 3 nitrogen and oxygen atoms in total. The van der Waals surface area contributed by atoms with Gasteiger partial charge in [0.1, 0.15) is 5.82 Å². The monoisotopic (exact) mass is 273 g/mol. The number of H-pyrrole nitrogens is 1. The third kappa shape index (κ3) is 2.69. The average molecular weight is 273 g/mol. The van der Waals surface area contributed by atoms with Gasteiger partial charge in [0.15, 0.2) is 0 Å². The third-order valence-corrected chi connectivity index (χ3v) is 4.15. The van der Waals surface area contributed by atoms with Gasteiger partial charge in [-0.25, -0.2) is 9.37 Å². The van der Waals surface area contributed by atoms with Crippen LogP contribution in [0.4, 0.5) is 10.3 Å². The first-order valence-corrected chi connectivity index (χ1v) is 7.28. The Morgan fingerprint density at radius 3 is 2.80 bits per heavy atom. The van der Waals surface area contributed by atoms with Crippen molar-refractivity contribution in [3.8, 4) is 11.3 Å². The molecule has 0 amide bonds. The summed E-state index contributed by atoms with van der Waals surface area (Å²) >= 11 is 0. The molecule has 1 N–H and O–H groups in total. The highest BCUT2D eigenvalue weighted by Gasteiger charge is 2.20. The minimum Gasteiger partial charge on any atom is -0.342 e. The zero-order valence-corrected chi connectivity index (χ0v) is 11.8. The van der Waals surface area contributed by atoms with E-state index in [1.165, 1.54) is 44.2 Å². The predicted molar refractivity (Wildman–Crippen MR) is 79.3 cm³/mol. The number of nitrogens with one attached hydrogen (secondary N) is 1. The van der Waals surface area contributed by atoms with Crippen LogP contribution >= 0.6 is 0 Å². The van der Waals surface area contributed by atoms with Crippen molar-refractivity contribution in [3.63, 3.8) is 0 Å². The molecule has 1 fully saturated rings. The number of hydrogen-bond donors (Lipinski definition) is 1. The lowest BCUT2D eigenvalue weighted by Crippen LogP contribution is -2.34. The van der Waals surface area contributed by atoms with Gasteiger partial charge in [-0.05, 0) is 25.0 Å². The van der Waals surface area contributed by atoms with Crippen molar-refractivity contribution in [3.05, 3.63) is 36.3 Å². The largest absolute Gasteiger partial charge is 0.342 e. The molecule has 1 aliphatic rings. The van der Waals surface area contributed by atoms with Crippen LogP contribution in [0.3, 0.4) is 0 Å². The topological polar surface area (TPSA) is 31.9 Å². The second kappa shape index (κ2) is 5.65. The summed E-state index contributed by atoms with van der Waals surface area (Å²) in [5.74, 6) is 0.649. The number of nitrogens with zero attached hydrogens (tertiary/aromatic N) is 2. The molecule has 3 rings (SSSR count). The Morgan fingerprint density at radius 2 is 2.05 bits per heavy atom. The zero-order chi connectivity index (χ0) is 13.9. The zero-order valence-electron chi connectivity index (χ0n) is 11.8. The van der Waals surface area contributed by atoms with Gasteiger partial charge in [0, 0.05) is 18.7 Å². The van der Waals surface area contributed by atoms with Crippen LogP contribution in [-0.4, -0.2) is 23.1 Å². The molecule has 1 saturated carbocycles. The quantitative estimate of drug-likeness (QED) is 0.917. The molecule has 0 unspecified atom stereocenters. The van der Waals surface area contributed by atoms with E-state index < -0.39 is 0 Å². The first-order valence-electron chi connectivity index (χ1n) is 7.28. The number of rotatable bonds is 3. The van der Waals surface area contributed by atoms with Crippen LogP contribution in [0.1, 0.15) is 32.1 Å². The maximum Gasteiger partial charge on any atom is 0.203 e. The van der Waals surface area contributed by atoms with Crippen LogP contribution in [-0.2, 0) is 0 Å². The third-order valence-electron chi connectivity index (χ3n) is 4.15. The van der Waals surface area contributed by atoms with Crippen molar-refractivity contribution in [2.45, 2.75) is 38.1 Å². The van der Waals surface area contributed by atoms with Gasteiger partial charge in [-0.2, -0.15) is 0 Å². The summed E-state index contributed by atoms with van der Waals surface area (Å²) < 4.78 is 13.3. The van der Waals surface area contributed by atoms with E-state index in [1.807, 2.05) is 6.07 Å². The number of hydrogen-bond acceptors (Lipinski definition) is 2. The van der Waals surface area contributed by atoms with Crippen molar-refractivity contribution in [1.82, 2.24) is 9.97 Å². The molecular formula is C16H20FN3. The first kappa shape index (κ1) is 13.2. The molecule has 1 aliphatic carbocycles. The molecule has 4 heteroatoms. The fourth-order valence-corrected chi connectivity index (χ4v) is 2.93. The summed E-state index contributed by atoms with van der Waals surface area (Å²) in [5, 5.41) is 0. The number of anilines is 1. The summed E-state index contributed by atoms with van der Waals surface area (Å²) in [6, 6.07) is 7.15. The molecule has 0 radical (unpaired) electrons. The average Bonchev–Trinajstić information content (AvgIpc) is 2.97. The molecule has 1 aromatic carbocycles. The highest BCUT2D eigenvalue weighted by atomic mass is 19.1. The number of benzene rings is 1. The van der Waals surface area contributed by atoms with Gasteiger partial charge in [0.25, 0.3) is 0 Å². The summed E-state index contributed by atoms with van der Waals surface area (Å²) in [4.78, 5) is 9.97. The maximum absolute atomic E-state index is 13.3. The van der Waals surface area contributed by atoms with Gasteiger partial charge >= 0.3 is 0 Å². The van der Waals surface area contributed by atoms with Gasteiger partial charge in [-0.15, -0.1) is 0 Å². The highest BCUT2D eigenvalue weighted by Crippen LogP contribution is 2.26. The Hall–Kier alpha value is -1.84. The molecule has 0 atom stereocenters. The molecule has 1 aromatic heterocycles. The minimum absolute atomic E-state index is 0.223. The van der Waals surface area contributed by atoms with Crippen molar-refractivity contribution in [1.29, 1.82) is 0 Å². The van der Waals surface area contributed by atoms with Gasteiger partial charge in [-0.1, -0.05) is 31.4 Å². The van der Waals surface area contributed by atoms with Crippen LogP contribution in [0.2, 0.25) is 0 Å². The maximum atomic E-state index is 13.3. The van der Waals surface area contributed by atoms with Crippen LogP contribution < -0.4 is 4.90 Å². The molecule has 20 heavy (non-hydrogen) atoms. The van der Waals surface area contributed by atoms with Crippen LogP contribution in [0.5, 0.6) is 0 Å². The van der Waals surface area contributed by atoms with E-state index in [0.29, 0.717) is 6.04 Å².